The second-order valence-corrected chi connectivity index (χ2v) is 12.2. The molecule has 1 aromatic carbocycles. The summed E-state index contributed by atoms with van der Waals surface area (Å²) in [6.07, 6.45) is 10.8. The Labute approximate surface area is 274 Å². The summed E-state index contributed by atoms with van der Waals surface area (Å²) in [7, 11) is 0. The molecule has 0 aliphatic heterocycles. The lowest BCUT2D eigenvalue weighted by Crippen LogP contribution is -2.36. The Morgan fingerprint density at radius 2 is 1.91 bits per heavy atom. The lowest BCUT2D eigenvalue weighted by molar-refractivity contribution is 0.271. The van der Waals surface area contributed by atoms with Crippen LogP contribution < -0.4 is 15.9 Å². The third-order valence-corrected chi connectivity index (χ3v) is 8.98. The molecule has 0 radical (unpaired) electrons. The van der Waals surface area contributed by atoms with E-state index in [1.165, 1.54) is 24.6 Å². The molecule has 3 atom stereocenters. The summed E-state index contributed by atoms with van der Waals surface area (Å²) in [6.45, 7) is 20.8. The van der Waals surface area contributed by atoms with E-state index in [1.807, 2.05) is 34.6 Å². The second-order valence-electron chi connectivity index (χ2n) is 12.2. The molecule has 46 heavy (non-hydrogen) atoms. The number of benzene rings is 1. The molecule has 2 aromatic rings. The Hall–Kier alpha value is -4.05. The number of halogens is 2. The molecule has 7 heteroatoms. The van der Waals surface area contributed by atoms with Crippen molar-refractivity contribution < 1.29 is 13.5 Å². The van der Waals surface area contributed by atoms with Crippen molar-refractivity contribution in [3.63, 3.8) is 0 Å². The van der Waals surface area contributed by atoms with Gasteiger partial charge < -0.3 is 10.1 Å². The fourth-order valence-corrected chi connectivity index (χ4v) is 5.88. The van der Waals surface area contributed by atoms with Gasteiger partial charge in [-0.2, -0.15) is 5.26 Å². The summed E-state index contributed by atoms with van der Waals surface area (Å²) in [4.78, 5) is 9.59. The molecule has 0 fully saturated rings. The molecule has 1 aliphatic rings. The number of pyridine rings is 1. The summed E-state index contributed by atoms with van der Waals surface area (Å²) in [5, 5.41) is 14.3. The summed E-state index contributed by atoms with van der Waals surface area (Å²) in [5.74, 6) is -0.376. The number of aryl methyl sites for hydroxylation is 1. The first-order valence-corrected chi connectivity index (χ1v) is 16.6. The van der Waals surface area contributed by atoms with Crippen molar-refractivity contribution in [2.75, 3.05) is 11.9 Å². The van der Waals surface area contributed by atoms with E-state index in [2.05, 4.69) is 38.7 Å². The van der Waals surface area contributed by atoms with Crippen molar-refractivity contribution in [2.24, 2.45) is 16.8 Å². The Kier molecular flexibility index (Phi) is 13.5. The number of hydrogen-bond acceptors (Lipinski definition) is 5. The molecule has 3 rings (SSSR count). The minimum atomic E-state index is -0.466. The van der Waals surface area contributed by atoms with Gasteiger partial charge in [-0.1, -0.05) is 72.1 Å². The van der Waals surface area contributed by atoms with Crippen molar-refractivity contribution in [1.82, 2.24) is 4.98 Å². The lowest BCUT2D eigenvalue weighted by atomic mass is 9.87. The average Bonchev–Trinajstić information content (AvgIpc) is 3.13. The van der Waals surface area contributed by atoms with Crippen molar-refractivity contribution in [2.45, 2.75) is 100.0 Å². The first-order valence-electron chi connectivity index (χ1n) is 16.6. The molecule has 246 valence electrons. The summed E-state index contributed by atoms with van der Waals surface area (Å²) in [6, 6.07) is 5.99. The van der Waals surface area contributed by atoms with Crippen molar-refractivity contribution in [3.8, 4) is 6.07 Å². The van der Waals surface area contributed by atoms with Crippen LogP contribution in [0.5, 0.6) is 0 Å². The van der Waals surface area contributed by atoms with Gasteiger partial charge >= 0.3 is 0 Å². The first kappa shape index (κ1) is 36.4. The van der Waals surface area contributed by atoms with Crippen LogP contribution in [-0.4, -0.2) is 17.5 Å². The maximum atomic E-state index is 16.3. The quantitative estimate of drug-likeness (QED) is 0.0981. The molecule has 1 N–H and O–H groups in total. The van der Waals surface area contributed by atoms with Gasteiger partial charge in [0.1, 0.15) is 11.6 Å². The molecule has 5 nitrogen and oxygen atoms in total. The molecule has 0 saturated carbocycles. The zero-order valence-electron chi connectivity index (χ0n) is 28.9. The van der Waals surface area contributed by atoms with Gasteiger partial charge in [0.25, 0.3) is 0 Å². The van der Waals surface area contributed by atoms with E-state index in [4.69, 9.17) is 14.7 Å². The third-order valence-electron chi connectivity index (χ3n) is 8.98. The summed E-state index contributed by atoms with van der Waals surface area (Å²) >= 11 is 0. The number of unbranched alkanes of at least 4 members (excludes halogenated alkanes) is 3. The van der Waals surface area contributed by atoms with Crippen LogP contribution >= 0.6 is 0 Å². The summed E-state index contributed by atoms with van der Waals surface area (Å²) < 4.78 is 37.4. The summed E-state index contributed by atoms with van der Waals surface area (Å²) in [5.41, 5.74) is 5.29. The van der Waals surface area contributed by atoms with Gasteiger partial charge in [-0.25, -0.2) is 13.8 Å². The van der Waals surface area contributed by atoms with Gasteiger partial charge in [-0.15, -0.1) is 0 Å². The minimum Gasteiger partial charge on any atom is -0.481 e. The SMILES string of the molecule is C=C/C(=C\N=C(OCCCCCC)C(C)CC)C1=C(F)C=c2nc(C)c(CC)c(NC(C)c3cc(C#N)ccc3F)c2=C(C)C1C. The monoisotopic (exact) mass is 628 g/mol. The van der Waals surface area contributed by atoms with Gasteiger partial charge in [0, 0.05) is 51.8 Å². The lowest BCUT2D eigenvalue weighted by Gasteiger charge is -2.23. The Morgan fingerprint density at radius 1 is 1.17 bits per heavy atom. The zero-order valence-corrected chi connectivity index (χ0v) is 28.9. The molecule has 0 spiro atoms. The predicted molar refractivity (Wildman–Crippen MR) is 187 cm³/mol. The maximum Gasteiger partial charge on any atom is 0.190 e. The third kappa shape index (κ3) is 8.40. The van der Waals surface area contributed by atoms with Crippen molar-refractivity contribution >= 4 is 23.2 Å². The average molecular weight is 629 g/mol. The number of ether oxygens (including phenoxy) is 1. The molecular formula is C39H50F2N4O. The van der Waals surface area contributed by atoms with Crippen LogP contribution in [0.4, 0.5) is 14.5 Å². The fraction of sp³-hybridized carbons (Fsp3) is 0.462. The number of allylic oxidation sites excluding steroid dienone is 4. The van der Waals surface area contributed by atoms with Crippen molar-refractivity contribution in [3.05, 3.63) is 92.8 Å². The van der Waals surface area contributed by atoms with Crippen LogP contribution in [0.1, 0.15) is 109 Å². The van der Waals surface area contributed by atoms with Gasteiger partial charge in [0.2, 0.25) is 0 Å². The highest BCUT2D eigenvalue weighted by atomic mass is 19.1. The molecule has 3 unspecified atom stereocenters. The molecular weight excluding hydrogens is 578 g/mol. The van der Waals surface area contributed by atoms with Crippen LogP contribution in [-0.2, 0) is 11.2 Å². The largest absolute Gasteiger partial charge is 0.481 e. The molecule has 1 aromatic heterocycles. The van der Waals surface area contributed by atoms with E-state index >= 15 is 4.39 Å². The number of nitriles is 1. The highest BCUT2D eigenvalue weighted by Gasteiger charge is 2.25. The van der Waals surface area contributed by atoms with Gasteiger partial charge in [0.15, 0.2) is 5.90 Å². The Morgan fingerprint density at radius 3 is 2.54 bits per heavy atom. The van der Waals surface area contributed by atoms with Crippen LogP contribution in [0, 0.1) is 35.9 Å². The van der Waals surface area contributed by atoms with Gasteiger partial charge in [0.05, 0.1) is 29.6 Å². The maximum absolute atomic E-state index is 16.3. The molecule has 0 saturated heterocycles. The van der Waals surface area contributed by atoms with Crippen LogP contribution in [0.3, 0.4) is 0 Å². The number of rotatable bonds is 14. The predicted octanol–water partition coefficient (Wildman–Crippen LogP) is 9.07. The highest BCUT2D eigenvalue weighted by molar-refractivity contribution is 5.79. The second kappa shape index (κ2) is 17.0. The number of aliphatic imine (C=N–C) groups is 1. The van der Waals surface area contributed by atoms with Crippen LogP contribution in [0.25, 0.3) is 11.6 Å². The van der Waals surface area contributed by atoms with E-state index in [0.29, 0.717) is 46.5 Å². The van der Waals surface area contributed by atoms with E-state index in [-0.39, 0.29) is 11.8 Å². The fourth-order valence-electron chi connectivity index (χ4n) is 5.88. The van der Waals surface area contributed by atoms with Gasteiger partial charge in [-0.05, 0) is 69.4 Å². The molecule has 1 aliphatic carbocycles. The van der Waals surface area contributed by atoms with E-state index in [9.17, 15) is 9.65 Å². The Bertz CT molecular complexity index is 1680. The molecule has 0 bridgehead atoms. The number of hydrogen-bond donors (Lipinski definition) is 1. The zero-order chi connectivity index (χ0) is 34.0. The normalized spacial score (nSPS) is 16.6. The number of fused-ring (bicyclic) bond motifs is 1. The highest BCUT2D eigenvalue weighted by Crippen LogP contribution is 2.34. The van der Waals surface area contributed by atoms with Gasteiger partial charge in [-0.3, -0.25) is 4.98 Å². The van der Waals surface area contributed by atoms with Crippen LogP contribution in [0.15, 0.2) is 59.0 Å². The topological polar surface area (TPSA) is 70.3 Å². The standard InChI is InChI=1S/C39H50F2N4O/c1-10-14-15-16-19-46-39(24(5)11-2)43-23-30(12-3)36-25(6)26(7)37-35(21-34(36)41)44-27(8)31(13-4)38(37)45-28(9)32-20-29(22-42)17-18-33(32)40/h12,17-18,20-21,23-25,28,45H,3,10-11,13-16,19H2,1-2,4-9H3/b30-23+,43-39?. The van der Waals surface area contributed by atoms with E-state index in [0.717, 1.165) is 53.4 Å². The van der Waals surface area contributed by atoms with Crippen molar-refractivity contribution in [1.29, 1.82) is 5.26 Å². The van der Waals surface area contributed by atoms with E-state index < -0.39 is 17.7 Å². The van der Waals surface area contributed by atoms with Crippen LogP contribution in [0.2, 0.25) is 0 Å². The first-order chi connectivity index (χ1) is 22.0. The number of nitrogens with one attached hydrogen (secondary N) is 1. The number of nitrogens with zero attached hydrogens (tertiary/aromatic N) is 3. The number of anilines is 1. The van der Waals surface area contributed by atoms with E-state index in [1.54, 1.807) is 18.3 Å². The number of aromatic nitrogens is 1. The molecule has 0 amide bonds. The minimum absolute atomic E-state index is 0.122. The smallest absolute Gasteiger partial charge is 0.190 e. The Balaban J connectivity index is 2.15. The molecule has 1 heterocycles.